The summed E-state index contributed by atoms with van der Waals surface area (Å²) in [6.07, 6.45) is 9.44. The molecule has 2 bridgehead atoms. The van der Waals surface area contributed by atoms with Crippen molar-refractivity contribution in [2.45, 2.75) is 17.1 Å². The zero-order chi connectivity index (χ0) is 70.4. The van der Waals surface area contributed by atoms with E-state index in [9.17, 15) is 57.5 Å². The Labute approximate surface area is 587 Å². The van der Waals surface area contributed by atoms with Gasteiger partial charge in [0.15, 0.2) is 4.30 Å². The number of carbonyl (C=O) groups is 12. The Bertz CT molecular complexity index is 4640. The third-order valence-corrected chi connectivity index (χ3v) is 19.9. The highest BCUT2D eigenvalue weighted by molar-refractivity contribution is 6.63. The van der Waals surface area contributed by atoms with Crippen molar-refractivity contribution in [3.05, 3.63) is 274 Å². The molecule has 8 unspecified atom stereocenters. The van der Waals surface area contributed by atoms with Gasteiger partial charge in [0.1, 0.15) is 0 Å². The number of ether oxygens (including phenoxy) is 4. The van der Waals surface area contributed by atoms with Crippen LogP contribution in [0, 0.1) is 47.3 Å². The molecule has 15 rings (SSSR count). The molecule has 100 heavy (non-hydrogen) atoms. The first-order chi connectivity index (χ1) is 48.2. The molecule has 0 amide bonds. The summed E-state index contributed by atoms with van der Waals surface area (Å²) in [5.74, 6) is -7.30. The van der Waals surface area contributed by atoms with E-state index in [-0.39, 0.29) is 118 Å². The number of hydrogen-bond donors (Lipinski definition) is 0. The van der Waals surface area contributed by atoms with Gasteiger partial charge in [-0.15, -0.1) is 13.2 Å². The average molecular weight is 1390 g/mol. The van der Waals surface area contributed by atoms with Crippen LogP contribution in [-0.4, -0.2) is 101 Å². The van der Waals surface area contributed by atoms with Crippen LogP contribution in [0.15, 0.2) is 207 Å². The van der Waals surface area contributed by atoms with Gasteiger partial charge in [0, 0.05) is 68.2 Å². The number of hydrogen-bond acceptors (Lipinski definition) is 16. The summed E-state index contributed by atoms with van der Waals surface area (Å²) in [6.45, 7) is 8.28. The second-order valence-electron chi connectivity index (χ2n) is 25.1. The van der Waals surface area contributed by atoms with E-state index in [0.29, 0.717) is 73.2 Å². The standard InChI is InChI=1S/C41H30O8.C39H26O8.CHCl3/c1-3-22-17-23(4-2)35(21-49-41(47)25-14-16-31-33(19-25)27-10-6-8-12-29(27)37(43)39(31)45)34(22)20-48-40(46)24-13-15-30-32(18-24)26-9-5-7-11-28(26)36(42)38(30)44;40-34-26-7-3-1-5-24(26)30-16-22(11-13-28(30)36(34)42)38(44)46-18-32-20-9-10-21(15-20)33(32)19-47-39(45)23-12-14-29-31(17-23)25-6-2-4-8-27(25)35(41)37(29)43;2-1(3)4/h3-16,18-19,22-23,34-35H,1-2,17,20-21H2;1-14,16-17,20-21,32-33H,15,18-19H2;1H. The third-order valence-electron chi connectivity index (χ3n) is 19.9. The van der Waals surface area contributed by atoms with Gasteiger partial charge in [-0.3, -0.25) is 38.4 Å². The zero-order valence-corrected chi connectivity index (χ0v) is 55.3. The Morgan fingerprint density at radius 2 is 0.530 bits per heavy atom. The van der Waals surface area contributed by atoms with Gasteiger partial charge in [0.05, 0.1) is 48.7 Å². The minimum Gasteiger partial charge on any atom is -0.462 e. The molecule has 0 aliphatic heterocycles. The van der Waals surface area contributed by atoms with Crippen LogP contribution in [0.5, 0.6) is 0 Å². The second-order valence-corrected chi connectivity index (χ2v) is 27.1. The number of fused-ring (bicyclic) bond motifs is 14. The van der Waals surface area contributed by atoms with Crippen LogP contribution in [0.4, 0.5) is 0 Å². The van der Waals surface area contributed by atoms with Gasteiger partial charge in [-0.2, -0.15) is 0 Å². The van der Waals surface area contributed by atoms with Crippen LogP contribution in [-0.2, 0) is 18.9 Å². The Balaban J connectivity index is 0.000000170. The first-order valence-corrected chi connectivity index (χ1v) is 33.4. The van der Waals surface area contributed by atoms with Gasteiger partial charge in [-0.05, 0) is 154 Å². The monoisotopic (exact) mass is 1390 g/mol. The fraction of sp³-hybridized carbons (Fsp3) is 0.185. The summed E-state index contributed by atoms with van der Waals surface area (Å²) < 4.78 is 22.5. The normalized spacial score (nSPS) is 20.5. The molecule has 7 aliphatic rings. The lowest BCUT2D eigenvalue weighted by Gasteiger charge is -2.27. The van der Waals surface area contributed by atoms with Crippen LogP contribution < -0.4 is 0 Å². The molecule has 498 valence electrons. The Hall–Kier alpha value is -10.9. The quantitative estimate of drug-likeness (QED) is 0.0323. The van der Waals surface area contributed by atoms with E-state index < -0.39 is 74.4 Å². The minimum absolute atomic E-state index is 0.0267. The highest BCUT2D eigenvalue weighted by Gasteiger charge is 2.47. The highest BCUT2D eigenvalue weighted by Crippen LogP contribution is 2.49. The predicted octanol–water partition coefficient (Wildman–Crippen LogP) is 15.2. The van der Waals surface area contributed by atoms with E-state index in [1.807, 2.05) is 12.2 Å². The molecule has 8 atom stereocenters. The number of Topliss-reactive ketones (excluding diaryl/α,β-unsaturated/α-hetero) is 8. The SMILES string of the molecule is C=CC1CC(C=C)C(COC(=O)c2ccc3c(c2)-c2ccccc2C(=O)C3=O)C1COC(=O)c1ccc2c(c1)-c1ccccc1C(=O)C2=O.ClC(Cl)Cl.O=C(OCC1C2C=CC(C2)C1COC(=O)c1ccc2c(c1)-c1ccccc1C(=O)C2=O)c1ccc2c(c1)-c1ccccc1C(=O)C2=O. The van der Waals surface area contributed by atoms with E-state index in [0.717, 1.165) is 6.42 Å². The number of halogens is 3. The largest absolute Gasteiger partial charge is 0.462 e. The molecular weight excluding hydrogens is 1340 g/mol. The molecule has 19 heteroatoms. The molecule has 8 aromatic rings. The molecule has 2 fully saturated rings. The predicted molar refractivity (Wildman–Crippen MR) is 371 cm³/mol. The summed E-state index contributed by atoms with van der Waals surface area (Å²) in [5.41, 5.74) is 7.63. The Kier molecular flexibility index (Phi) is 19.0. The number of carbonyl (C=O) groups excluding carboxylic acids is 12. The van der Waals surface area contributed by atoms with Crippen LogP contribution in [0.3, 0.4) is 0 Å². The van der Waals surface area contributed by atoms with E-state index in [1.54, 1.807) is 121 Å². The topological polar surface area (TPSA) is 242 Å². The third kappa shape index (κ3) is 12.6. The summed E-state index contributed by atoms with van der Waals surface area (Å²) >= 11 is 14.4. The van der Waals surface area contributed by atoms with Crippen LogP contribution >= 0.6 is 34.8 Å². The maximum absolute atomic E-state index is 13.3. The van der Waals surface area contributed by atoms with Crippen molar-refractivity contribution < 1.29 is 76.5 Å². The molecule has 8 aromatic carbocycles. The van der Waals surface area contributed by atoms with Crippen LogP contribution in [0.2, 0.25) is 0 Å². The maximum Gasteiger partial charge on any atom is 0.338 e. The van der Waals surface area contributed by atoms with Crippen molar-refractivity contribution in [3.8, 4) is 44.5 Å². The smallest absolute Gasteiger partial charge is 0.338 e. The lowest BCUT2D eigenvalue weighted by Crippen LogP contribution is -2.30. The zero-order valence-electron chi connectivity index (χ0n) is 53.0. The summed E-state index contributed by atoms with van der Waals surface area (Å²) in [4.78, 5) is 154. The highest BCUT2D eigenvalue weighted by atomic mass is 35.6. The van der Waals surface area contributed by atoms with Crippen molar-refractivity contribution in [1.82, 2.24) is 0 Å². The fourth-order valence-electron chi connectivity index (χ4n) is 14.9. The van der Waals surface area contributed by atoms with Crippen LogP contribution in [0.1, 0.15) is 137 Å². The van der Waals surface area contributed by atoms with Gasteiger partial charge >= 0.3 is 23.9 Å². The number of alkyl halides is 3. The average Bonchev–Trinajstić information content (AvgIpc) is 1.12. The van der Waals surface area contributed by atoms with Crippen LogP contribution in [0.25, 0.3) is 44.5 Å². The summed E-state index contributed by atoms with van der Waals surface area (Å²) in [6, 6.07) is 45.5. The molecule has 0 N–H and O–H groups in total. The molecule has 0 aromatic heterocycles. The first kappa shape index (κ1) is 67.6. The van der Waals surface area contributed by atoms with Crippen molar-refractivity contribution in [2.24, 2.45) is 47.3 Å². The summed E-state index contributed by atoms with van der Waals surface area (Å²) in [7, 11) is 0. The molecule has 0 radical (unpaired) electrons. The molecule has 16 nitrogen and oxygen atoms in total. The summed E-state index contributed by atoms with van der Waals surface area (Å²) in [5, 5.41) is 0. The van der Waals surface area contributed by atoms with Gasteiger partial charge < -0.3 is 18.9 Å². The van der Waals surface area contributed by atoms with Crippen molar-refractivity contribution in [1.29, 1.82) is 0 Å². The molecule has 0 saturated heterocycles. The van der Waals surface area contributed by atoms with E-state index in [1.165, 1.54) is 48.5 Å². The minimum atomic E-state index is -0.750. The second kappa shape index (κ2) is 28.1. The number of benzene rings is 8. The molecule has 0 spiro atoms. The van der Waals surface area contributed by atoms with Gasteiger partial charge in [0.25, 0.3) is 0 Å². The Morgan fingerprint density at radius 3 is 0.760 bits per heavy atom. The molecule has 7 aliphatic carbocycles. The van der Waals surface area contributed by atoms with E-state index in [4.69, 9.17) is 53.8 Å². The lowest BCUT2D eigenvalue weighted by atomic mass is 9.83. The van der Waals surface area contributed by atoms with Crippen molar-refractivity contribution in [2.75, 3.05) is 26.4 Å². The van der Waals surface area contributed by atoms with Crippen molar-refractivity contribution in [3.63, 3.8) is 0 Å². The van der Waals surface area contributed by atoms with E-state index >= 15 is 0 Å². The molecular formula is C81H57Cl3O16. The molecule has 2 saturated carbocycles. The molecule has 0 heterocycles. The number of allylic oxidation sites excluding steroid dienone is 4. The first-order valence-electron chi connectivity index (χ1n) is 32.1. The Morgan fingerprint density at radius 1 is 0.320 bits per heavy atom. The number of ketones is 8. The lowest BCUT2D eigenvalue weighted by molar-refractivity contribution is 0.0204. The fourth-order valence-corrected chi connectivity index (χ4v) is 14.9. The van der Waals surface area contributed by atoms with Gasteiger partial charge in [-0.25, -0.2) is 19.2 Å². The number of rotatable bonds is 14. The van der Waals surface area contributed by atoms with Gasteiger partial charge in [-0.1, -0.05) is 156 Å². The maximum atomic E-state index is 13.3. The van der Waals surface area contributed by atoms with Crippen molar-refractivity contribution >= 4 is 105 Å². The number of esters is 4. The van der Waals surface area contributed by atoms with E-state index in [2.05, 4.69) is 25.3 Å². The van der Waals surface area contributed by atoms with Gasteiger partial charge in [0.2, 0.25) is 46.3 Å².